The molecule has 3 rings (SSSR count). The minimum atomic E-state index is -0.288. The molecule has 1 N–H and O–H groups in total. The summed E-state index contributed by atoms with van der Waals surface area (Å²) in [6.45, 7) is 6.49. The molecule has 1 saturated heterocycles. The zero-order valence-corrected chi connectivity index (χ0v) is 15.8. The van der Waals surface area contributed by atoms with Crippen molar-refractivity contribution in [1.29, 1.82) is 0 Å². The fourth-order valence-electron chi connectivity index (χ4n) is 3.04. The van der Waals surface area contributed by atoms with Crippen molar-refractivity contribution in [1.82, 2.24) is 10.1 Å². The third-order valence-corrected chi connectivity index (χ3v) is 4.50. The minimum absolute atomic E-state index is 0.0614. The minimum Gasteiger partial charge on any atom is -0.378 e. The number of nitrogens with zero attached hydrogens (tertiary/aromatic N) is 3. The molecule has 0 aliphatic carbocycles. The Hall–Kier alpha value is -2.87. The van der Waals surface area contributed by atoms with E-state index in [1.54, 1.807) is 20.9 Å². The maximum absolute atomic E-state index is 12.5. The van der Waals surface area contributed by atoms with E-state index >= 15 is 0 Å². The van der Waals surface area contributed by atoms with Crippen LogP contribution in [0.2, 0.25) is 0 Å². The summed E-state index contributed by atoms with van der Waals surface area (Å²) in [6, 6.07) is 7.66. The standard InChI is InChI=1S/C19H24N4O4/c1-13-18(14(2)27-21-13)19(25)22(3)12-17(24)20-15-4-6-16(7-5-15)23-8-10-26-11-9-23/h4-7H,8-12H2,1-3H3,(H,20,24). The Labute approximate surface area is 158 Å². The lowest BCUT2D eigenvalue weighted by Gasteiger charge is -2.28. The third kappa shape index (κ3) is 4.46. The van der Waals surface area contributed by atoms with Gasteiger partial charge in [-0.25, -0.2) is 0 Å². The predicted molar refractivity (Wildman–Crippen MR) is 101 cm³/mol. The molecule has 1 aliphatic heterocycles. The van der Waals surface area contributed by atoms with Crippen LogP contribution >= 0.6 is 0 Å². The average molecular weight is 372 g/mol. The van der Waals surface area contributed by atoms with Crippen molar-refractivity contribution >= 4 is 23.2 Å². The Morgan fingerprint density at radius 2 is 1.85 bits per heavy atom. The van der Waals surface area contributed by atoms with E-state index in [0.717, 1.165) is 32.0 Å². The maximum Gasteiger partial charge on any atom is 0.259 e. The van der Waals surface area contributed by atoms with Gasteiger partial charge in [0.05, 0.1) is 25.5 Å². The van der Waals surface area contributed by atoms with Crippen LogP contribution in [0, 0.1) is 13.8 Å². The highest BCUT2D eigenvalue weighted by Crippen LogP contribution is 2.19. The fourth-order valence-corrected chi connectivity index (χ4v) is 3.04. The lowest BCUT2D eigenvalue weighted by Crippen LogP contribution is -2.36. The second-order valence-electron chi connectivity index (χ2n) is 6.55. The van der Waals surface area contributed by atoms with Crippen molar-refractivity contribution in [3.8, 4) is 0 Å². The summed E-state index contributed by atoms with van der Waals surface area (Å²) in [4.78, 5) is 28.4. The quantitative estimate of drug-likeness (QED) is 0.862. The second-order valence-corrected chi connectivity index (χ2v) is 6.55. The van der Waals surface area contributed by atoms with Crippen LogP contribution in [0.1, 0.15) is 21.8 Å². The second kappa shape index (κ2) is 8.22. The molecule has 2 heterocycles. The van der Waals surface area contributed by atoms with Crippen molar-refractivity contribution in [2.45, 2.75) is 13.8 Å². The molecule has 2 aromatic rings. The number of carbonyl (C=O) groups excluding carboxylic acids is 2. The zero-order valence-electron chi connectivity index (χ0n) is 15.8. The van der Waals surface area contributed by atoms with Crippen LogP contribution in [0.25, 0.3) is 0 Å². The average Bonchev–Trinajstić information content (AvgIpc) is 3.00. The van der Waals surface area contributed by atoms with Gasteiger partial charge in [-0.05, 0) is 38.1 Å². The van der Waals surface area contributed by atoms with Gasteiger partial charge in [-0.2, -0.15) is 0 Å². The Balaban J connectivity index is 1.56. The Morgan fingerprint density at radius 3 is 2.44 bits per heavy atom. The molecule has 1 aliphatic rings. The van der Waals surface area contributed by atoms with Crippen LogP contribution in [0.15, 0.2) is 28.8 Å². The number of ether oxygens (including phenoxy) is 1. The lowest BCUT2D eigenvalue weighted by molar-refractivity contribution is -0.116. The predicted octanol–water partition coefficient (Wildman–Crippen LogP) is 1.84. The SMILES string of the molecule is Cc1noc(C)c1C(=O)N(C)CC(=O)Nc1ccc(N2CCOCC2)cc1. The van der Waals surface area contributed by atoms with Gasteiger partial charge in [-0.15, -0.1) is 0 Å². The number of carbonyl (C=O) groups is 2. The Bertz CT molecular complexity index is 790. The largest absolute Gasteiger partial charge is 0.378 e. The molecule has 27 heavy (non-hydrogen) atoms. The van der Waals surface area contributed by atoms with Crippen molar-refractivity contribution in [3.05, 3.63) is 41.3 Å². The molecule has 0 atom stereocenters. The fraction of sp³-hybridized carbons (Fsp3) is 0.421. The number of hydrogen-bond donors (Lipinski definition) is 1. The summed E-state index contributed by atoms with van der Waals surface area (Å²) in [6.07, 6.45) is 0. The number of anilines is 2. The van der Waals surface area contributed by atoms with Crippen LogP contribution < -0.4 is 10.2 Å². The first-order valence-electron chi connectivity index (χ1n) is 8.86. The number of hydrogen-bond acceptors (Lipinski definition) is 6. The molecule has 0 unspecified atom stereocenters. The molecule has 1 fully saturated rings. The van der Waals surface area contributed by atoms with Gasteiger partial charge in [0, 0.05) is 31.5 Å². The van der Waals surface area contributed by atoms with E-state index in [1.165, 1.54) is 4.90 Å². The number of aryl methyl sites for hydroxylation is 2. The van der Waals surface area contributed by atoms with Crippen molar-refractivity contribution in [2.24, 2.45) is 0 Å². The summed E-state index contributed by atoms with van der Waals surface area (Å²) in [5, 5.41) is 6.60. The molecule has 0 radical (unpaired) electrons. The highest BCUT2D eigenvalue weighted by Gasteiger charge is 2.22. The Kier molecular flexibility index (Phi) is 5.75. The summed E-state index contributed by atoms with van der Waals surface area (Å²) in [5.74, 6) is -0.107. The summed E-state index contributed by atoms with van der Waals surface area (Å²) in [7, 11) is 1.58. The molecule has 0 bridgehead atoms. The third-order valence-electron chi connectivity index (χ3n) is 4.50. The maximum atomic E-state index is 12.5. The molecular formula is C19H24N4O4. The number of amides is 2. The van der Waals surface area contributed by atoms with Gasteiger partial charge in [0.1, 0.15) is 11.3 Å². The van der Waals surface area contributed by atoms with Gasteiger partial charge in [0.25, 0.3) is 5.91 Å². The summed E-state index contributed by atoms with van der Waals surface area (Å²) >= 11 is 0. The normalized spacial score (nSPS) is 14.1. The van der Waals surface area contributed by atoms with Gasteiger partial charge in [-0.1, -0.05) is 5.16 Å². The van der Waals surface area contributed by atoms with E-state index in [0.29, 0.717) is 22.7 Å². The molecule has 1 aromatic carbocycles. The van der Waals surface area contributed by atoms with E-state index < -0.39 is 0 Å². The van der Waals surface area contributed by atoms with Gasteiger partial charge in [0.2, 0.25) is 5.91 Å². The first kappa shape index (κ1) is 18.9. The van der Waals surface area contributed by atoms with Crippen molar-refractivity contribution in [3.63, 3.8) is 0 Å². The first-order valence-corrected chi connectivity index (χ1v) is 8.86. The zero-order chi connectivity index (χ0) is 19.4. The molecule has 2 amide bonds. The molecule has 144 valence electrons. The number of morpholine rings is 1. The highest BCUT2D eigenvalue weighted by atomic mass is 16.5. The van der Waals surface area contributed by atoms with Crippen LogP contribution in [0.5, 0.6) is 0 Å². The van der Waals surface area contributed by atoms with Gasteiger partial charge in [-0.3, -0.25) is 9.59 Å². The number of rotatable bonds is 5. The van der Waals surface area contributed by atoms with Gasteiger partial charge >= 0.3 is 0 Å². The topological polar surface area (TPSA) is 87.9 Å². The van der Waals surface area contributed by atoms with E-state index in [-0.39, 0.29) is 18.4 Å². The van der Waals surface area contributed by atoms with Crippen LogP contribution in [0.4, 0.5) is 11.4 Å². The van der Waals surface area contributed by atoms with E-state index in [2.05, 4.69) is 15.4 Å². The monoisotopic (exact) mass is 372 g/mol. The van der Waals surface area contributed by atoms with Crippen LogP contribution in [0.3, 0.4) is 0 Å². The van der Waals surface area contributed by atoms with Crippen LogP contribution in [-0.4, -0.2) is 61.8 Å². The molecule has 8 nitrogen and oxygen atoms in total. The summed E-state index contributed by atoms with van der Waals surface area (Å²) in [5.41, 5.74) is 2.71. The molecule has 8 heteroatoms. The van der Waals surface area contributed by atoms with Gasteiger partial charge in [0.15, 0.2) is 0 Å². The molecular weight excluding hydrogens is 348 g/mol. The van der Waals surface area contributed by atoms with E-state index in [9.17, 15) is 9.59 Å². The molecule has 1 aromatic heterocycles. The number of aromatic nitrogens is 1. The first-order chi connectivity index (χ1) is 13.0. The number of nitrogens with one attached hydrogen (secondary N) is 1. The summed E-state index contributed by atoms with van der Waals surface area (Å²) < 4.78 is 10.4. The smallest absolute Gasteiger partial charge is 0.259 e. The molecule has 0 spiro atoms. The van der Waals surface area contributed by atoms with Crippen molar-refractivity contribution < 1.29 is 18.8 Å². The highest BCUT2D eigenvalue weighted by molar-refractivity contribution is 6.00. The van der Waals surface area contributed by atoms with Crippen LogP contribution in [-0.2, 0) is 9.53 Å². The number of benzene rings is 1. The van der Waals surface area contributed by atoms with E-state index in [4.69, 9.17) is 9.26 Å². The number of likely N-dealkylation sites (N-methyl/N-ethyl adjacent to an activating group) is 1. The molecule has 0 saturated carbocycles. The van der Waals surface area contributed by atoms with E-state index in [1.807, 2.05) is 24.3 Å². The van der Waals surface area contributed by atoms with Crippen molar-refractivity contribution in [2.75, 3.05) is 50.1 Å². The lowest BCUT2D eigenvalue weighted by atomic mass is 10.2. The van der Waals surface area contributed by atoms with Gasteiger partial charge < -0.3 is 24.4 Å². The Morgan fingerprint density at radius 1 is 1.19 bits per heavy atom.